The van der Waals surface area contributed by atoms with E-state index in [4.69, 9.17) is 4.52 Å². The summed E-state index contributed by atoms with van der Waals surface area (Å²) >= 11 is 0. The first-order valence-electron chi connectivity index (χ1n) is 5.41. The van der Waals surface area contributed by atoms with Crippen LogP contribution in [0.1, 0.15) is 12.5 Å². The number of nitrogens with zero attached hydrogens (tertiary/aromatic N) is 1. The largest absolute Gasteiger partial charge is 0.332 e. The van der Waals surface area contributed by atoms with E-state index in [9.17, 15) is 9.46 Å². The Bertz CT molecular complexity index is 565. The minimum absolute atomic E-state index is 0.00477. The minimum Gasteiger partial charge on any atom is -0.324 e. The molecule has 0 aliphatic rings. The van der Waals surface area contributed by atoms with Crippen LogP contribution in [0.4, 0.5) is 0 Å². The first-order chi connectivity index (χ1) is 8.12. The molecule has 1 aromatic carbocycles. The monoisotopic (exact) mass is 251 g/mol. The van der Waals surface area contributed by atoms with Crippen LogP contribution in [0.2, 0.25) is 0 Å². The van der Waals surface area contributed by atoms with Crippen molar-refractivity contribution in [2.45, 2.75) is 13.1 Å². The summed E-state index contributed by atoms with van der Waals surface area (Å²) in [5.74, 6) is 0. The molecule has 0 aliphatic carbocycles. The molecule has 1 atom stereocenters. The predicted octanol–water partition coefficient (Wildman–Crippen LogP) is 2.96. The number of aromatic nitrogens is 1. The number of hydrogen-bond acceptors (Lipinski definition) is 3. The van der Waals surface area contributed by atoms with Crippen molar-refractivity contribution in [3.05, 3.63) is 42.1 Å². The first-order valence-corrected chi connectivity index (χ1v) is 7.17. The zero-order chi connectivity index (χ0) is 12.3. The Morgan fingerprint density at radius 1 is 1.35 bits per heavy atom. The van der Waals surface area contributed by atoms with Crippen molar-refractivity contribution < 1.29 is 14.0 Å². The van der Waals surface area contributed by atoms with Gasteiger partial charge in [-0.3, -0.25) is 9.55 Å². The molecule has 1 heterocycles. The predicted molar refractivity (Wildman–Crippen MR) is 66.9 cm³/mol. The van der Waals surface area contributed by atoms with Crippen molar-refractivity contribution in [1.29, 1.82) is 0 Å². The Labute approximate surface area is 99.8 Å². The first kappa shape index (κ1) is 12.2. The summed E-state index contributed by atoms with van der Waals surface area (Å²) in [7, 11) is -3.56. The van der Waals surface area contributed by atoms with Gasteiger partial charge in [-0.05, 0) is 18.6 Å². The highest BCUT2D eigenvalue weighted by molar-refractivity contribution is 7.51. The molecule has 2 rings (SSSR count). The molecule has 0 spiro atoms. The van der Waals surface area contributed by atoms with E-state index in [2.05, 4.69) is 4.98 Å². The lowest BCUT2D eigenvalue weighted by Crippen LogP contribution is -1.95. The van der Waals surface area contributed by atoms with E-state index >= 15 is 0 Å². The summed E-state index contributed by atoms with van der Waals surface area (Å²) in [6.07, 6.45) is 1.67. The molecule has 1 aromatic heterocycles. The van der Waals surface area contributed by atoms with Crippen LogP contribution in [-0.4, -0.2) is 16.5 Å². The molecule has 0 radical (unpaired) electrons. The molecular formula is C12H14NO3P. The van der Waals surface area contributed by atoms with Crippen LogP contribution in [0.15, 0.2) is 36.5 Å². The van der Waals surface area contributed by atoms with Crippen LogP contribution in [-0.2, 0) is 15.3 Å². The second kappa shape index (κ2) is 4.96. The van der Waals surface area contributed by atoms with Gasteiger partial charge in [0.1, 0.15) is 0 Å². The van der Waals surface area contributed by atoms with Crippen molar-refractivity contribution in [2.24, 2.45) is 0 Å². The zero-order valence-corrected chi connectivity index (χ0v) is 10.4. The molecule has 0 saturated heterocycles. The molecule has 0 bridgehead atoms. The van der Waals surface area contributed by atoms with Gasteiger partial charge >= 0.3 is 7.60 Å². The highest BCUT2D eigenvalue weighted by Crippen LogP contribution is 2.46. The fourth-order valence-corrected chi connectivity index (χ4v) is 2.94. The highest BCUT2D eigenvalue weighted by Gasteiger charge is 2.20. The lowest BCUT2D eigenvalue weighted by molar-refractivity contribution is 0.273. The molecule has 17 heavy (non-hydrogen) atoms. The van der Waals surface area contributed by atoms with E-state index < -0.39 is 7.60 Å². The van der Waals surface area contributed by atoms with E-state index in [0.717, 1.165) is 16.5 Å². The summed E-state index contributed by atoms with van der Waals surface area (Å²) in [5, 5.41) is 0.960. The van der Waals surface area contributed by atoms with Crippen LogP contribution in [0.25, 0.3) is 10.9 Å². The van der Waals surface area contributed by atoms with Crippen molar-refractivity contribution in [2.75, 3.05) is 6.61 Å². The molecule has 0 amide bonds. The number of hydrogen-bond donors (Lipinski definition) is 1. The van der Waals surface area contributed by atoms with Crippen LogP contribution >= 0.6 is 7.60 Å². The van der Waals surface area contributed by atoms with Crippen LogP contribution in [0.5, 0.6) is 0 Å². The highest BCUT2D eigenvalue weighted by atomic mass is 31.2. The third-order valence-electron chi connectivity index (χ3n) is 2.42. The molecule has 1 N–H and O–H groups in total. The second-order valence-corrected chi connectivity index (χ2v) is 5.55. The quantitative estimate of drug-likeness (QED) is 0.848. The fourth-order valence-electron chi connectivity index (χ4n) is 1.76. The maximum atomic E-state index is 11.7. The lowest BCUT2D eigenvalue weighted by atomic mass is 10.1. The molecule has 2 aromatic rings. The standard InChI is InChI=1S/C12H14NO3P/c1-2-16-17(14,15)9-11-6-3-5-10-7-4-8-13-12(10)11/h3-8H,2,9H2,1H3,(H,14,15). The Kier molecular flexibility index (Phi) is 3.57. The van der Waals surface area contributed by atoms with E-state index in [1.807, 2.05) is 24.3 Å². The number of rotatable bonds is 4. The summed E-state index contributed by atoms with van der Waals surface area (Å²) in [6, 6.07) is 9.35. The van der Waals surface area contributed by atoms with Crippen LogP contribution < -0.4 is 0 Å². The second-order valence-electron chi connectivity index (χ2n) is 3.71. The lowest BCUT2D eigenvalue weighted by Gasteiger charge is -2.11. The molecule has 5 heteroatoms. The number of para-hydroxylation sites is 1. The average Bonchev–Trinajstić information content (AvgIpc) is 2.29. The topological polar surface area (TPSA) is 59.4 Å². The van der Waals surface area contributed by atoms with Crippen molar-refractivity contribution in [1.82, 2.24) is 4.98 Å². The van der Waals surface area contributed by atoms with Gasteiger partial charge in [0.25, 0.3) is 0 Å². The van der Waals surface area contributed by atoms with Crippen molar-refractivity contribution in [3.63, 3.8) is 0 Å². The summed E-state index contributed by atoms with van der Waals surface area (Å²) in [5.41, 5.74) is 1.49. The molecule has 4 nitrogen and oxygen atoms in total. The Morgan fingerprint density at radius 2 is 2.12 bits per heavy atom. The van der Waals surface area contributed by atoms with Gasteiger partial charge in [-0.2, -0.15) is 0 Å². The Morgan fingerprint density at radius 3 is 2.88 bits per heavy atom. The van der Waals surface area contributed by atoms with Gasteiger partial charge in [-0.1, -0.05) is 24.3 Å². The smallest absolute Gasteiger partial charge is 0.324 e. The van der Waals surface area contributed by atoms with E-state index in [-0.39, 0.29) is 12.8 Å². The van der Waals surface area contributed by atoms with Crippen LogP contribution in [0, 0.1) is 0 Å². The van der Waals surface area contributed by atoms with Gasteiger partial charge in [0.05, 0.1) is 18.3 Å². The van der Waals surface area contributed by atoms with Crippen molar-refractivity contribution >= 4 is 18.5 Å². The molecular weight excluding hydrogens is 237 g/mol. The normalized spacial score (nSPS) is 14.7. The van der Waals surface area contributed by atoms with Crippen LogP contribution in [0.3, 0.4) is 0 Å². The van der Waals surface area contributed by atoms with Gasteiger partial charge in [-0.15, -0.1) is 0 Å². The molecule has 1 unspecified atom stereocenters. The number of benzene rings is 1. The minimum atomic E-state index is -3.56. The fraction of sp³-hybridized carbons (Fsp3) is 0.250. The van der Waals surface area contributed by atoms with Gasteiger partial charge in [0.15, 0.2) is 0 Å². The van der Waals surface area contributed by atoms with Gasteiger partial charge in [-0.25, -0.2) is 0 Å². The van der Waals surface area contributed by atoms with Crippen molar-refractivity contribution in [3.8, 4) is 0 Å². The van der Waals surface area contributed by atoms with E-state index in [1.165, 1.54) is 0 Å². The van der Waals surface area contributed by atoms with Gasteiger partial charge in [0, 0.05) is 11.6 Å². The average molecular weight is 251 g/mol. The van der Waals surface area contributed by atoms with Gasteiger partial charge in [0.2, 0.25) is 0 Å². The van der Waals surface area contributed by atoms with E-state index in [0.29, 0.717) is 0 Å². The maximum absolute atomic E-state index is 11.7. The molecule has 0 aliphatic heterocycles. The zero-order valence-electron chi connectivity index (χ0n) is 9.54. The summed E-state index contributed by atoms with van der Waals surface area (Å²) < 4.78 is 16.6. The van der Waals surface area contributed by atoms with E-state index in [1.54, 1.807) is 19.2 Å². The Balaban J connectivity index is 2.39. The summed E-state index contributed by atoms with van der Waals surface area (Å²) in [4.78, 5) is 13.9. The molecule has 0 saturated carbocycles. The SMILES string of the molecule is CCOP(=O)(O)Cc1cccc2cccnc12. The third kappa shape index (κ3) is 2.91. The number of pyridine rings is 1. The van der Waals surface area contributed by atoms with Gasteiger partial charge < -0.3 is 9.42 Å². The molecule has 0 fully saturated rings. The molecule has 90 valence electrons. The summed E-state index contributed by atoms with van der Waals surface area (Å²) in [6.45, 7) is 1.93. The number of fused-ring (bicyclic) bond motifs is 1. The maximum Gasteiger partial charge on any atom is 0.332 e. The third-order valence-corrected chi connectivity index (χ3v) is 3.82. The Hall–Kier alpha value is -1.22.